The average molecular weight is 422 g/mol. The zero-order valence-corrected chi connectivity index (χ0v) is 17.5. The van der Waals surface area contributed by atoms with E-state index in [4.69, 9.17) is 4.74 Å². The van der Waals surface area contributed by atoms with Gasteiger partial charge in [-0.25, -0.2) is 13.1 Å². The van der Waals surface area contributed by atoms with Crippen molar-refractivity contribution < 1.29 is 17.9 Å². The molecule has 1 atom stereocenters. The second kappa shape index (κ2) is 7.13. The highest BCUT2D eigenvalue weighted by Gasteiger charge is 2.40. The molecule has 1 amide bonds. The Bertz CT molecular complexity index is 1260. The molecule has 0 spiro atoms. The van der Waals surface area contributed by atoms with Crippen molar-refractivity contribution >= 4 is 26.7 Å². The van der Waals surface area contributed by atoms with Gasteiger partial charge in [-0.1, -0.05) is 48.9 Å². The molecular weight excluding hydrogens is 398 g/mol. The van der Waals surface area contributed by atoms with E-state index in [0.717, 1.165) is 16.5 Å². The van der Waals surface area contributed by atoms with Crippen molar-refractivity contribution in [3.8, 4) is 5.75 Å². The van der Waals surface area contributed by atoms with Crippen molar-refractivity contribution in [1.29, 1.82) is 0 Å². The average Bonchev–Trinajstić information content (AvgIpc) is 2.67. The Balaban J connectivity index is 1.45. The predicted octanol–water partition coefficient (Wildman–Crippen LogP) is 4.26. The number of ether oxygens (including phenoxy) is 1. The van der Waals surface area contributed by atoms with Gasteiger partial charge in [0.2, 0.25) is 5.91 Å². The Morgan fingerprint density at radius 1 is 1.03 bits per heavy atom. The van der Waals surface area contributed by atoms with E-state index in [2.05, 4.69) is 10.8 Å². The molecule has 1 fully saturated rings. The Morgan fingerprint density at radius 3 is 2.53 bits per heavy atom. The van der Waals surface area contributed by atoms with Crippen LogP contribution in [0, 0.1) is 0 Å². The molecule has 154 valence electrons. The van der Waals surface area contributed by atoms with Gasteiger partial charge >= 0.3 is 0 Å². The van der Waals surface area contributed by atoms with Gasteiger partial charge in [-0.05, 0) is 53.8 Å². The largest absolute Gasteiger partial charge is 0.496 e. The molecule has 0 unspecified atom stereocenters. The molecule has 0 saturated heterocycles. The van der Waals surface area contributed by atoms with E-state index in [1.54, 1.807) is 25.3 Å². The first-order valence-electron chi connectivity index (χ1n) is 10.2. The van der Waals surface area contributed by atoms with Crippen molar-refractivity contribution in [2.24, 2.45) is 0 Å². The fraction of sp³-hybridized carbons (Fsp3) is 0.292. The maximum atomic E-state index is 13.0. The van der Waals surface area contributed by atoms with Gasteiger partial charge in [0.15, 0.2) is 0 Å². The lowest BCUT2D eigenvalue weighted by molar-refractivity contribution is -0.121. The summed E-state index contributed by atoms with van der Waals surface area (Å²) in [6, 6.07) is 16.3. The van der Waals surface area contributed by atoms with Crippen LogP contribution in [0.4, 0.5) is 0 Å². The third-order valence-corrected chi connectivity index (χ3v) is 7.87. The summed E-state index contributed by atoms with van der Waals surface area (Å²) in [5.74, 6) is 0.189. The summed E-state index contributed by atoms with van der Waals surface area (Å²) in [5.41, 5.74) is 3.28. The van der Waals surface area contributed by atoms with Gasteiger partial charge < -0.3 is 4.74 Å². The summed E-state index contributed by atoms with van der Waals surface area (Å²) >= 11 is 0. The van der Waals surface area contributed by atoms with Crippen LogP contribution in [0.3, 0.4) is 0 Å². The van der Waals surface area contributed by atoms with Crippen LogP contribution >= 0.6 is 0 Å². The minimum atomic E-state index is -3.99. The molecule has 3 aromatic carbocycles. The van der Waals surface area contributed by atoms with Gasteiger partial charge in [-0.3, -0.25) is 4.79 Å². The van der Waals surface area contributed by atoms with Crippen LogP contribution in [0.1, 0.15) is 47.8 Å². The normalized spacial score (nSPS) is 18.2. The van der Waals surface area contributed by atoms with Gasteiger partial charge in [-0.2, -0.15) is 0 Å². The van der Waals surface area contributed by atoms with E-state index in [1.807, 2.05) is 24.3 Å². The highest BCUT2D eigenvalue weighted by atomic mass is 32.2. The molecule has 0 bridgehead atoms. The number of hydrogen-bond donors (Lipinski definition) is 1. The van der Waals surface area contributed by atoms with Gasteiger partial charge in [0, 0.05) is 10.9 Å². The summed E-state index contributed by atoms with van der Waals surface area (Å²) in [6.45, 7) is 0. The van der Waals surface area contributed by atoms with Crippen molar-refractivity contribution in [1.82, 2.24) is 4.72 Å². The number of amides is 1. The lowest BCUT2D eigenvalue weighted by atomic mass is 9.68. The van der Waals surface area contributed by atoms with Crippen molar-refractivity contribution in [3.05, 3.63) is 71.3 Å². The number of fused-ring (bicyclic) bond motifs is 2. The van der Waals surface area contributed by atoms with Gasteiger partial charge in [0.25, 0.3) is 10.0 Å². The number of carbonyl (C=O) groups excluding carboxylic acids is 1. The smallest absolute Gasteiger partial charge is 0.264 e. The number of rotatable bonds is 5. The van der Waals surface area contributed by atoms with Crippen LogP contribution < -0.4 is 9.46 Å². The van der Waals surface area contributed by atoms with Gasteiger partial charge in [-0.15, -0.1) is 0 Å². The third-order valence-electron chi connectivity index (χ3n) is 6.47. The summed E-state index contributed by atoms with van der Waals surface area (Å²) in [7, 11) is -2.41. The lowest BCUT2D eigenvalue weighted by Gasteiger charge is -2.37. The minimum Gasteiger partial charge on any atom is -0.496 e. The molecule has 0 radical (unpaired) electrons. The van der Waals surface area contributed by atoms with Crippen LogP contribution in [0.2, 0.25) is 0 Å². The maximum Gasteiger partial charge on any atom is 0.264 e. The zero-order chi connectivity index (χ0) is 20.9. The Kier molecular flexibility index (Phi) is 4.54. The number of methoxy groups -OCH3 is 1. The monoisotopic (exact) mass is 421 g/mol. The minimum absolute atomic E-state index is 0.115. The molecule has 0 heterocycles. The second-order valence-corrected chi connectivity index (χ2v) is 9.73. The molecule has 5 nitrogen and oxygen atoms in total. The molecule has 5 rings (SSSR count). The fourth-order valence-corrected chi connectivity index (χ4v) is 5.89. The first-order valence-corrected chi connectivity index (χ1v) is 11.7. The molecule has 2 aliphatic carbocycles. The molecular formula is C24H23NO4S. The van der Waals surface area contributed by atoms with E-state index >= 15 is 0 Å². The van der Waals surface area contributed by atoms with Crippen LogP contribution in [0.5, 0.6) is 5.75 Å². The highest BCUT2D eigenvalue weighted by molar-refractivity contribution is 7.90. The maximum absolute atomic E-state index is 13.0. The van der Waals surface area contributed by atoms with Crippen molar-refractivity contribution in [3.63, 3.8) is 0 Å². The van der Waals surface area contributed by atoms with E-state index in [0.29, 0.717) is 23.5 Å². The Hall–Kier alpha value is -2.86. The number of sulfonamides is 1. The SMILES string of the molecule is COc1ccc(C2CCC2)c2c1[C@H](C(=O)NS(=O)(=O)c1cccc3ccccc13)C2. The fourth-order valence-electron chi connectivity index (χ4n) is 4.64. The van der Waals surface area contributed by atoms with E-state index < -0.39 is 21.8 Å². The van der Waals surface area contributed by atoms with Crippen LogP contribution in [0.25, 0.3) is 10.8 Å². The van der Waals surface area contributed by atoms with Gasteiger partial charge in [0.05, 0.1) is 17.9 Å². The Labute approximate surface area is 176 Å². The number of benzene rings is 3. The van der Waals surface area contributed by atoms with E-state index in [9.17, 15) is 13.2 Å². The first-order chi connectivity index (χ1) is 14.5. The standard InChI is InChI=1S/C24H23NO4S/c1-29-21-13-12-17(15-7-4-8-15)19-14-20(23(19)21)24(26)25-30(27,28)22-11-5-9-16-6-2-3-10-18(16)22/h2-3,5-6,9-13,15,20H,4,7-8,14H2,1H3,(H,25,26)/t20-/m1/s1. The number of carbonyl (C=O) groups is 1. The lowest BCUT2D eigenvalue weighted by Crippen LogP contribution is -2.40. The summed E-state index contributed by atoms with van der Waals surface area (Å²) in [6.07, 6.45) is 4.13. The number of nitrogens with one attached hydrogen (secondary N) is 1. The van der Waals surface area contributed by atoms with Gasteiger partial charge in [0.1, 0.15) is 5.75 Å². The topological polar surface area (TPSA) is 72.5 Å². The van der Waals surface area contributed by atoms with Crippen LogP contribution in [0.15, 0.2) is 59.5 Å². The highest BCUT2D eigenvalue weighted by Crippen LogP contribution is 2.49. The van der Waals surface area contributed by atoms with Crippen molar-refractivity contribution in [2.45, 2.75) is 42.4 Å². The molecule has 0 aliphatic heterocycles. The summed E-state index contributed by atoms with van der Waals surface area (Å²) < 4.78 is 33.9. The second-order valence-electron chi connectivity index (χ2n) is 8.08. The third kappa shape index (κ3) is 2.98. The molecule has 1 saturated carbocycles. The molecule has 2 aliphatic rings. The first kappa shape index (κ1) is 19.1. The summed E-state index contributed by atoms with van der Waals surface area (Å²) in [5, 5.41) is 1.41. The summed E-state index contributed by atoms with van der Waals surface area (Å²) in [4.78, 5) is 13.1. The van der Waals surface area contributed by atoms with Crippen LogP contribution in [-0.2, 0) is 21.2 Å². The Morgan fingerprint density at radius 2 is 1.80 bits per heavy atom. The number of hydrogen-bond acceptors (Lipinski definition) is 4. The molecule has 30 heavy (non-hydrogen) atoms. The van der Waals surface area contributed by atoms with Crippen molar-refractivity contribution in [2.75, 3.05) is 7.11 Å². The molecule has 0 aromatic heterocycles. The quantitative estimate of drug-likeness (QED) is 0.668. The molecule has 3 aromatic rings. The van der Waals surface area contributed by atoms with E-state index in [1.165, 1.54) is 30.9 Å². The predicted molar refractivity (Wildman–Crippen MR) is 115 cm³/mol. The van der Waals surface area contributed by atoms with Crippen LogP contribution in [-0.4, -0.2) is 21.4 Å². The molecule has 1 N–H and O–H groups in total. The molecule has 6 heteroatoms. The zero-order valence-electron chi connectivity index (χ0n) is 16.7. The van der Waals surface area contributed by atoms with E-state index in [-0.39, 0.29) is 4.90 Å².